The van der Waals surface area contributed by atoms with Gasteiger partial charge in [-0.3, -0.25) is 0 Å². The van der Waals surface area contributed by atoms with Crippen LogP contribution in [0.5, 0.6) is 0 Å². The first-order chi connectivity index (χ1) is 7.90. The Kier molecular flexibility index (Phi) is 4.51. The van der Waals surface area contributed by atoms with Crippen LogP contribution in [0.4, 0.5) is 17.6 Å². The molecule has 96 valence electrons. The molecule has 0 heterocycles. The van der Waals surface area contributed by atoms with E-state index in [0.717, 1.165) is 24.6 Å². The highest BCUT2D eigenvalue weighted by atomic mass is 19.4. The maximum absolute atomic E-state index is 13.1. The van der Waals surface area contributed by atoms with Gasteiger partial charge >= 0.3 is 6.18 Å². The molecule has 0 aliphatic heterocycles. The number of hydrogen-bond acceptors (Lipinski definition) is 1. The van der Waals surface area contributed by atoms with E-state index in [1.807, 2.05) is 6.92 Å². The van der Waals surface area contributed by atoms with E-state index in [2.05, 4.69) is 5.32 Å². The molecule has 1 unspecified atom stereocenters. The van der Waals surface area contributed by atoms with Crippen molar-refractivity contribution < 1.29 is 17.6 Å². The van der Waals surface area contributed by atoms with Gasteiger partial charge in [0.25, 0.3) is 0 Å². The molecule has 0 saturated carbocycles. The van der Waals surface area contributed by atoms with Gasteiger partial charge in [-0.05, 0) is 37.2 Å². The van der Waals surface area contributed by atoms with Gasteiger partial charge in [0.2, 0.25) is 0 Å². The van der Waals surface area contributed by atoms with Crippen molar-refractivity contribution in [1.82, 2.24) is 5.32 Å². The fraction of sp³-hybridized carbons (Fsp3) is 0.500. The number of halogens is 4. The van der Waals surface area contributed by atoms with E-state index in [-0.39, 0.29) is 5.56 Å². The molecule has 0 radical (unpaired) electrons. The molecule has 0 aliphatic carbocycles. The Morgan fingerprint density at radius 1 is 1.29 bits per heavy atom. The zero-order valence-corrected chi connectivity index (χ0v) is 9.74. The van der Waals surface area contributed by atoms with Crippen molar-refractivity contribution in [2.45, 2.75) is 32.0 Å². The Balaban J connectivity index is 3.23. The Labute approximate surface area is 97.8 Å². The minimum absolute atomic E-state index is 0.0261. The normalized spacial score (nSPS) is 13.8. The third-order valence-electron chi connectivity index (χ3n) is 2.62. The molecule has 0 saturated heterocycles. The predicted molar refractivity (Wildman–Crippen MR) is 58.1 cm³/mol. The summed E-state index contributed by atoms with van der Waals surface area (Å²) in [5.74, 6) is -0.649. The lowest BCUT2D eigenvalue weighted by Gasteiger charge is -2.21. The summed E-state index contributed by atoms with van der Waals surface area (Å²) >= 11 is 0. The number of alkyl halides is 3. The first-order valence-corrected chi connectivity index (χ1v) is 5.44. The van der Waals surface area contributed by atoms with Crippen molar-refractivity contribution in [3.05, 3.63) is 35.1 Å². The third kappa shape index (κ3) is 3.43. The van der Waals surface area contributed by atoms with Crippen LogP contribution >= 0.6 is 0 Å². The highest BCUT2D eigenvalue weighted by molar-refractivity contribution is 5.33. The number of rotatable bonds is 4. The van der Waals surface area contributed by atoms with Crippen LogP contribution in [-0.4, -0.2) is 7.05 Å². The molecule has 0 bridgehead atoms. The molecule has 0 amide bonds. The van der Waals surface area contributed by atoms with Crippen LogP contribution in [0, 0.1) is 5.82 Å². The highest BCUT2D eigenvalue weighted by Crippen LogP contribution is 2.36. The van der Waals surface area contributed by atoms with Crippen LogP contribution in [0.3, 0.4) is 0 Å². The summed E-state index contributed by atoms with van der Waals surface area (Å²) in [4.78, 5) is 0. The van der Waals surface area contributed by atoms with E-state index in [9.17, 15) is 17.6 Å². The Hall–Kier alpha value is -1.10. The van der Waals surface area contributed by atoms with Crippen LogP contribution in [0.1, 0.15) is 36.9 Å². The van der Waals surface area contributed by atoms with Gasteiger partial charge in [-0.2, -0.15) is 13.2 Å². The molecule has 0 aromatic heterocycles. The second-order valence-electron chi connectivity index (χ2n) is 3.86. The fourth-order valence-corrected chi connectivity index (χ4v) is 1.82. The molecule has 0 fully saturated rings. The quantitative estimate of drug-likeness (QED) is 0.798. The van der Waals surface area contributed by atoms with Gasteiger partial charge in [0.05, 0.1) is 5.56 Å². The first kappa shape index (κ1) is 14.0. The molecule has 0 aliphatic rings. The molecule has 1 rings (SSSR count). The van der Waals surface area contributed by atoms with E-state index in [4.69, 9.17) is 0 Å². The molecule has 17 heavy (non-hydrogen) atoms. The minimum atomic E-state index is -4.45. The van der Waals surface area contributed by atoms with E-state index in [1.165, 1.54) is 0 Å². The smallest absolute Gasteiger partial charge is 0.313 e. The molecule has 1 aromatic carbocycles. The van der Waals surface area contributed by atoms with Gasteiger partial charge in [0, 0.05) is 6.04 Å². The van der Waals surface area contributed by atoms with Gasteiger partial charge < -0.3 is 5.32 Å². The summed E-state index contributed by atoms with van der Waals surface area (Å²) < 4.78 is 51.4. The third-order valence-corrected chi connectivity index (χ3v) is 2.62. The van der Waals surface area contributed by atoms with Crippen LogP contribution in [0.25, 0.3) is 0 Å². The van der Waals surface area contributed by atoms with E-state index in [1.54, 1.807) is 7.05 Å². The average molecular weight is 249 g/mol. The van der Waals surface area contributed by atoms with E-state index < -0.39 is 23.6 Å². The second kappa shape index (κ2) is 5.49. The lowest BCUT2D eigenvalue weighted by atomic mass is 9.96. The average Bonchev–Trinajstić information content (AvgIpc) is 2.24. The summed E-state index contributed by atoms with van der Waals surface area (Å²) in [5.41, 5.74) is -0.798. The molecule has 1 N–H and O–H groups in total. The molecule has 0 spiro atoms. The van der Waals surface area contributed by atoms with Gasteiger partial charge in [0.15, 0.2) is 0 Å². The largest absolute Gasteiger partial charge is 0.416 e. The Bertz CT molecular complexity index is 373. The maximum atomic E-state index is 13.1. The van der Waals surface area contributed by atoms with Crippen LogP contribution in [0.2, 0.25) is 0 Å². The van der Waals surface area contributed by atoms with Crippen molar-refractivity contribution in [2.24, 2.45) is 0 Å². The molecule has 5 heteroatoms. The summed E-state index contributed by atoms with van der Waals surface area (Å²) in [7, 11) is 1.57. The number of hydrogen-bond donors (Lipinski definition) is 1. The zero-order valence-electron chi connectivity index (χ0n) is 9.74. The maximum Gasteiger partial charge on any atom is 0.416 e. The zero-order chi connectivity index (χ0) is 13.1. The Morgan fingerprint density at radius 3 is 2.41 bits per heavy atom. The lowest BCUT2D eigenvalue weighted by Crippen LogP contribution is -2.21. The molecular formula is C12H15F4N. The monoisotopic (exact) mass is 249 g/mol. The van der Waals surface area contributed by atoms with Crippen LogP contribution < -0.4 is 5.32 Å². The lowest BCUT2D eigenvalue weighted by molar-refractivity contribution is -0.138. The summed E-state index contributed by atoms with van der Waals surface area (Å²) in [5, 5.41) is 2.79. The van der Waals surface area contributed by atoms with Crippen LogP contribution in [-0.2, 0) is 6.18 Å². The molecule has 1 aromatic rings. The van der Waals surface area contributed by atoms with Crippen molar-refractivity contribution >= 4 is 0 Å². The molecule has 1 nitrogen and oxygen atoms in total. The van der Waals surface area contributed by atoms with Crippen molar-refractivity contribution in [3.8, 4) is 0 Å². The van der Waals surface area contributed by atoms with Gasteiger partial charge in [-0.25, -0.2) is 4.39 Å². The van der Waals surface area contributed by atoms with Crippen LogP contribution in [0.15, 0.2) is 18.2 Å². The van der Waals surface area contributed by atoms with Gasteiger partial charge in [-0.1, -0.05) is 13.3 Å². The molecular weight excluding hydrogens is 234 g/mol. The topological polar surface area (TPSA) is 12.0 Å². The van der Waals surface area contributed by atoms with Crippen molar-refractivity contribution in [1.29, 1.82) is 0 Å². The first-order valence-electron chi connectivity index (χ1n) is 5.44. The predicted octanol–water partition coefficient (Wildman–Crippen LogP) is 3.91. The van der Waals surface area contributed by atoms with Gasteiger partial charge in [0.1, 0.15) is 5.82 Å². The standard InChI is InChI=1S/C12H15F4N/c1-3-4-11(17-2)9-7-8(13)5-6-10(9)12(14,15)16/h5-7,11,17H,3-4H2,1-2H3. The van der Waals surface area contributed by atoms with E-state index >= 15 is 0 Å². The van der Waals surface area contributed by atoms with Crippen molar-refractivity contribution in [2.75, 3.05) is 7.05 Å². The SMILES string of the molecule is CCCC(NC)c1cc(F)ccc1C(F)(F)F. The second-order valence-corrected chi connectivity index (χ2v) is 3.86. The van der Waals surface area contributed by atoms with E-state index in [0.29, 0.717) is 6.42 Å². The number of nitrogens with one attached hydrogen (secondary N) is 1. The minimum Gasteiger partial charge on any atom is -0.313 e. The van der Waals surface area contributed by atoms with Gasteiger partial charge in [-0.15, -0.1) is 0 Å². The highest BCUT2D eigenvalue weighted by Gasteiger charge is 2.35. The summed E-state index contributed by atoms with van der Waals surface area (Å²) in [6, 6.07) is 2.11. The van der Waals surface area contributed by atoms with Crippen molar-refractivity contribution in [3.63, 3.8) is 0 Å². The summed E-state index contributed by atoms with van der Waals surface area (Å²) in [6.45, 7) is 1.87. The summed E-state index contributed by atoms with van der Waals surface area (Å²) in [6.07, 6.45) is -3.20. The fourth-order valence-electron chi connectivity index (χ4n) is 1.82. The Morgan fingerprint density at radius 2 is 1.94 bits per heavy atom. The molecule has 1 atom stereocenters. The number of benzene rings is 1.